The number of halogens is 1. The lowest BCUT2D eigenvalue weighted by Gasteiger charge is -2.36. The summed E-state index contributed by atoms with van der Waals surface area (Å²) < 4.78 is 12.9. The third-order valence-electron chi connectivity index (χ3n) is 4.09. The van der Waals surface area contributed by atoms with E-state index in [1.165, 1.54) is 12.1 Å². The van der Waals surface area contributed by atoms with Gasteiger partial charge in [-0.05, 0) is 44.5 Å². The van der Waals surface area contributed by atoms with Gasteiger partial charge in [-0.25, -0.2) is 4.39 Å². The summed E-state index contributed by atoms with van der Waals surface area (Å²) in [6, 6.07) is 8.62. The van der Waals surface area contributed by atoms with Gasteiger partial charge in [0, 0.05) is 19.6 Å². The summed E-state index contributed by atoms with van der Waals surface area (Å²) in [6.07, 6.45) is 1.72. The molecule has 1 aromatic rings. The number of nitriles is 1. The molecule has 118 valence electrons. The molecule has 0 spiro atoms. The number of piperidine rings is 1. The molecule has 1 heterocycles. The van der Waals surface area contributed by atoms with Crippen molar-refractivity contribution >= 4 is 5.91 Å². The van der Waals surface area contributed by atoms with E-state index in [1.807, 2.05) is 18.9 Å². The van der Waals surface area contributed by atoms with Gasteiger partial charge in [0.2, 0.25) is 5.91 Å². The smallest absolute Gasteiger partial charge is 0.236 e. The van der Waals surface area contributed by atoms with E-state index < -0.39 is 5.41 Å². The molecule has 4 nitrogen and oxygen atoms in total. The zero-order valence-corrected chi connectivity index (χ0v) is 13.2. The molecule has 1 aromatic carbocycles. The molecule has 1 amide bonds. The van der Waals surface area contributed by atoms with Gasteiger partial charge >= 0.3 is 0 Å². The molecule has 2 rings (SSSR count). The molecule has 0 radical (unpaired) electrons. The van der Waals surface area contributed by atoms with Gasteiger partial charge in [0.1, 0.15) is 5.82 Å². The van der Waals surface area contributed by atoms with Gasteiger partial charge in [0.05, 0.1) is 18.0 Å². The maximum atomic E-state index is 12.9. The summed E-state index contributed by atoms with van der Waals surface area (Å²) in [5.41, 5.74) is 0.542. The predicted octanol–water partition coefficient (Wildman–Crippen LogP) is 2.41. The van der Waals surface area contributed by atoms with Crippen LogP contribution in [0.5, 0.6) is 0 Å². The average molecular weight is 303 g/mol. The van der Waals surface area contributed by atoms with E-state index in [1.54, 1.807) is 17.0 Å². The van der Waals surface area contributed by atoms with E-state index in [-0.39, 0.29) is 11.7 Å². The second-order valence-corrected chi connectivity index (χ2v) is 6.39. The maximum Gasteiger partial charge on any atom is 0.236 e. The number of carbonyl (C=O) groups excluding carboxylic acids is 1. The van der Waals surface area contributed by atoms with E-state index in [2.05, 4.69) is 6.07 Å². The number of amides is 1. The highest BCUT2D eigenvalue weighted by Gasteiger charge is 2.33. The Hall–Kier alpha value is -1.93. The van der Waals surface area contributed by atoms with Gasteiger partial charge < -0.3 is 4.90 Å². The maximum absolute atomic E-state index is 12.9. The van der Waals surface area contributed by atoms with Crippen LogP contribution in [0.4, 0.5) is 4.39 Å². The number of likely N-dealkylation sites (N-methyl/N-ethyl adjacent to an activating group) is 1. The fourth-order valence-electron chi connectivity index (χ4n) is 2.83. The number of carbonyl (C=O) groups is 1. The Morgan fingerprint density at radius 1 is 1.45 bits per heavy atom. The Bertz CT molecular complexity index is 566. The number of hydrogen-bond acceptors (Lipinski definition) is 3. The van der Waals surface area contributed by atoms with Crippen LogP contribution in [0.15, 0.2) is 24.3 Å². The van der Waals surface area contributed by atoms with E-state index in [0.717, 1.165) is 24.9 Å². The summed E-state index contributed by atoms with van der Waals surface area (Å²) in [7, 11) is 1.87. The van der Waals surface area contributed by atoms with E-state index in [4.69, 9.17) is 0 Å². The normalized spacial score (nSPS) is 21.7. The third kappa shape index (κ3) is 4.28. The van der Waals surface area contributed by atoms with Gasteiger partial charge in [-0.1, -0.05) is 12.1 Å². The summed E-state index contributed by atoms with van der Waals surface area (Å²) in [5, 5.41) is 9.22. The Balaban J connectivity index is 1.88. The lowest BCUT2D eigenvalue weighted by molar-refractivity contribution is -0.134. The first kappa shape index (κ1) is 16.4. The van der Waals surface area contributed by atoms with E-state index in [9.17, 15) is 14.4 Å². The quantitative estimate of drug-likeness (QED) is 0.858. The summed E-state index contributed by atoms with van der Waals surface area (Å²) in [6.45, 7) is 4.04. The number of benzene rings is 1. The summed E-state index contributed by atoms with van der Waals surface area (Å²) in [5.74, 6) is -0.211. The lowest BCUT2D eigenvalue weighted by Crippen LogP contribution is -2.47. The molecule has 0 saturated carbocycles. The topological polar surface area (TPSA) is 47.3 Å². The van der Waals surface area contributed by atoms with Crippen LogP contribution >= 0.6 is 0 Å². The first-order valence-corrected chi connectivity index (χ1v) is 7.54. The van der Waals surface area contributed by atoms with Crippen LogP contribution in [0.25, 0.3) is 0 Å². The molecule has 1 aliphatic rings. The molecule has 0 N–H and O–H groups in total. The molecule has 22 heavy (non-hydrogen) atoms. The van der Waals surface area contributed by atoms with Crippen molar-refractivity contribution in [3.63, 3.8) is 0 Å². The zero-order valence-electron chi connectivity index (χ0n) is 13.2. The largest absolute Gasteiger partial charge is 0.340 e. The highest BCUT2D eigenvalue weighted by Crippen LogP contribution is 2.28. The molecule has 1 fully saturated rings. The van der Waals surface area contributed by atoms with Gasteiger partial charge in [0.25, 0.3) is 0 Å². The SMILES string of the molecule is CN(CC(=O)N1CCCC(C)(C#N)C1)Cc1ccc(F)cc1. The van der Waals surface area contributed by atoms with Crippen molar-refractivity contribution in [3.05, 3.63) is 35.6 Å². The first-order chi connectivity index (χ1) is 10.4. The minimum Gasteiger partial charge on any atom is -0.340 e. The predicted molar refractivity (Wildman–Crippen MR) is 82.3 cm³/mol. The minimum absolute atomic E-state index is 0.0470. The second kappa shape index (κ2) is 6.89. The fourth-order valence-corrected chi connectivity index (χ4v) is 2.83. The van der Waals surface area contributed by atoms with Crippen LogP contribution in [0.3, 0.4) is 0 Å². The number of hydrogen-bond donors (Lipinski definition) is 0. The van der Waals surface area contributed by atoms with E-state index in [0.29, 0.717) is 19.6 Å². The number of nitrogens with zero attached hydrogens (tertiary/aromatic N) is 3. The Labute approximate surface area is 131 Å². The summed E-state index contributed by atoms with van der Waals surface area (Å²) >= 11 is 0. The van der Waals surface area contributed by atoms with Crippen molar-refractivity contribution in [1.29, 1.82) is 5.26 Å². The van der Waals surface area contributed by atoms with Gasteiger partial charge in [0.15, 0.2) is 0 Å². The molecule has 1 atom stereocenters. The lowest BCUT2D eigenvalue weighted by atomic mass is 9.83. The average Bonchev–Trinajstić information content (AvgIpc) is 2.49. The second-order valence-electron chi connectivity index (χ2n) is 6.39. The molecular weight excluding hydrogens is 281 g/mol. The molecule has 5 heteroatoms. The van der Waals surface area contributed by atoms with Crippen molar-refractivity contribution in [2.45, 2.75) is 26.3 Å². The molecule has 1 aliphatic heterocycles. The Morgan fingerprint density at radius 3 is 2.77 bits per heavy atom. The van der Waals surface area contributed by atoms with Crippen LogP contribution in [0.1, 0.15) is 25.3 Å². The molecule has 0 aliphatic carbocycles. The van der Waals surface area contributed by atoms with Crippen molar-refractivity contribution in [1.82, 2.24) is 9.80 Å². The molecule has 0 bridgehead atoms. The number of rotatable bonds is 4. The standard InChI is InChI=1S/C17H22FN3O/c1-17(12-19)8-3-9-21(13-17)16(22)11-20(2)10-14-4-6-15(18)7-5-14/h4-7H,3,8-11,13H2,1-2H3. The van der Waals surface area contributed by atoms with Crippen LogP contribution in [-0.4, -0.2) is 42.4 Å². The molecule has 1 unspecified atom stereocenters. The van der Waals surface area contributed by atoms with Gasteiger partial charge in [-0.15, -0.1) is 0 Å². The Morgan fingerprint density at radius 2 is 2.14 bits per heavy atom. The van der Waals surface area contributed by atoms with Gasteiger partial charge in [-0.3, -0.25) is 9.69 Å². The zero-order chi connectivity index (χ0) is 16.2. The van der Waals surface area contributed by atoms with Crippen molar-refractivity contribution in [3.8, 4) is 6.07 Å². The molecular formula is C17H22FN3O. The third-order valence-corrected chi connectivity index (χ3v) is 4.09. The van der Waals surface area contributed by atoms with Crippen molar-refractivity contribution in [2.24, 2.45) is 5.41 Å². The fraction of sp³-hybridized carbons (Fsp3) is 0.529. The van der Waals surface area contributed by atoms with Crippen molar-refractivity contribution in [2.75, 3.05) is 26.7 Å². The minimum atomic E-state index is -0.427. The first-order valence-electron chi connectivity index (χ1n) is 7.54. The van der Waals surface area contributed by atoms with Crippen LogP contribution < -0.4 is 0 Å². The highest BCUT2D eigenvalue weighted by molar-refractivity contribution is 5.78. The van der Waals surface area contributed by atoms with Crippen molar-refractivity contribution < 1.29 is 9.18 Å². The Kier molecular flexibility index (Phi) is 5.15. The van der Waals surface area contributed by atoms with E-state index >= 15 is 0 Å². The van der Waals surface area contributed by atoms with Crippen LogP contribution in [-0.2, 0) is 11.3 Å². The molecule has 1 saturated heterocycles. The highest BCUT2D eigenvalue weighted by atomic mass is 19.1. The monoisotopic (exact) mass is 303 g/mol. The molecule has 0 aromatic heterocycles. The summed E-state index contributed by atoms with van der Waals surface area (Å²) in [4.78, 5) is 16.1. The van der Waals surface area contributed by atoms with Crippen LogP contribution in [0.2, 0.25) is 0 Å². The van der Waals surface area contributed by atoms with Crippen LogP contribution in [0, 0.1) is 22.6 Å². The number of likely N-dealkylation sites (tertiary alicyclic amines) is 1. The van der Waals surface area contributed by atoms with Gasteiger partial charge in [-0.2, -0.15) is 5.26 Å².